The van der Waals surface area contributed by atoms with Gasteiger partial charge in [-0.1, -0.05) is 6.92 Å². The van der Waals surface area contributed by atoms with Crippen LogP contribution in [0.3, 0.4) is 0 Å². The Kier molecular flexibility index (Phi) is 4.02. The molecule has 1 aromatic rings. The summed E-state index contributed by atoms with van der Waals surface area (Å²) in [7, 11) is 0. The molecule has 84 valence electrons. The van der Waals surface area contributed by atoms with Crippen molar-refractivity contribution >= 4 is 22.6 Å². The van der Waals surface area contributed by atoms with Gasteiger partial charge in [-0.2, -0.15) is 5.10 Å². The molecule has 1 fully saturated rings. The molecular formula is C11H18IN3. The molecule has 0 atom stereocenters. The molecule has 0 radical (unpaired) electrons. The van der Waals surface area contributed by atoms with Crippen LogP contribution in [0.4, 0.5) is 0 Å². The fraction of sp³-hybridized carbons (Fsp3) is 0.727. The maximum Gasteiger partial charge on any atom is 0.0623 e. The predicted octanol–water partition coefficient (Wildman–Crippen LogP) is 2.53. The molecular weight excluding hydrogens is 301 g/mol. The van der Waals surface area contributed by atoms with Crippen LogP contribution in [0.25, 0.3) is 0 Å². The number of hydrogen-bond acceptors (Lipinski definition) is 2. The molecule has 1 aromatic heterocycles. The molecule has 15 heavy (non-hydrogen) atoms. The van der Waals surface area contributed by atoms with Crippen LogP contribution in [0.5, 0.6) is 0 Å². The van der Waals surface area contributed by atoms with E-state index in [9.17, 15) is 0 Å². The number of piperidine rings is 1. The van der Waals surface area contributed by atoms with Crippen molar-refractivity contribution in [2.45, 2.75) is 32.2 Å². The standard InChI is InChI=1S/C11H18IN3/c1-2-5-14-6-3-11(4-7-14)15-9-10(12)8-13-15/h8-9,11H,2-7H2,1H3. The van der Waals surface area contributed by atoms with E-state index in [4.69, 9.17) is 0 Å². The summed E-state index contributed by atoms with van der Waals surface area (Å²) in [4.78, 5) is 2.56. The van der Waals surface area contributed by atoms with Crippen LogP contribution in [0.15, 0.2) is 12.4 Å². The van der Waals surface area contributed by atoms with E-state index < -0.39 is 0 Å². The highest BCUT2D eigenvalue weighted by molar-refractivity contribution is 14.1. The van der Waals surface area contributed by atoms with E-state index in [1.807, 2.05) is 6.20 Å². The van der Waals surface area contributed by atoms with Crippen LogP contribution in [-0.2, 0) is 0 Å². The molecule has 1 saturated heterocycles. The molecule has 0 saturated carbocycles. The highest BCUT2D eigenvalue weighted by Crippen LogP contribution is 2.22. The number of nitrogens with zero attached hydrogens (tertiary/aromatic N) is 3. The van der Waals surface area contributed by atoms with Gasteiger partial charge in [-0.15, -0.1) is 0 Å². The minimum atomic E-state index is 0.627. The molecule has 1 aliphatic rings. The summed E-state index contributed by atoms with van der Waals surface area (Å²) in [6, 6.07) is 0.627. The molecule has 0 N–H and O–H groups in total. The third-order valence-electron chi connectivity index (χ3n) is 3.04. The van der Waals surface area contributed by atoms with Crippen LogP contribution in [0.2, 0.25) is 0 Å². The Bertz CT molecular complexity index is 303. The molecule has 0 amide bonds. The average Bonchev–Trinajstić information content (AvgIpc) is 2.67. The quantitative estimate of drug-likeness (QED) is 0.799. The van der Waals surface area contributed by atoms with Crippen molar-refractivity contribution in [3.8, 4) is 0 Å². The predicted molar refractivity (Wildman–Crippen MR) is 69.9 cm³/mol. The first-order valence-electron chi connectivity index (χ1n) is 5.71. The molecule has 0 bridgehead atoms. The Balaban J connectivity index is 1.88. The lowest BCUT2D eigenvalue weighted by atomic mass is 10.1. The van der Waals surface area contributed by atoms with Gasteiger partial charge < -0.3 is 4.90 Å². The van der Waals surface area contributed by atoms with Crippen LogP contribution < -0.4 is 0 Å². The van der Waals surface area contributed by atoms with Crippen molar-refractivity contribution in [3.63, 3.8) is 0 Å². The second-order valence-electron chi connectivity index (χ2n) is 4.21. The van der Waals surface area contributed by atoms with Gasteiger partial charge in [0.25, 0.3) is 0 Å². The summed E-state index contributed by atoms with van der Waals surface area (Å²) >= 11 is 2.32. The minimum absolute atomic E-state index is 0.627. The van der Waals surface area contributed by atoms with Gasteiger partial charge in [0, 0.05) is 19.3 Å². The molecule has 1 aliphatic heterocycles. The zero-order chi connectivity index (χ0) is 10.7. The zero-order valence-corrected chi connectivity index (χ0v) is 11.4. The van der Waals surface area contributed by atoms with Crippen molar-refractivity contribution in [2.75, 3.05) is 19.6 Å². The highest BCUT2D eigenvalue weighted by Gasteiger charge is 2.20. The van der Waals surface area contributed by atoms with Gasteiger partial charge in [0.15, 0.2) is 0 Å². The van der Waals surface area contributed by atoms with Crippen molar-refractivity contribution in [1.29, 1.82) is 0 Å². The van der Waals surface area contributed by atoms with Gasteiger partial charge >= 0.3 is 0 Å². The number of halogens is 1. The normalized spacial score (nSPS) is 19.6. The summed E-state index contributed by atoms with van der Waals surface area (Å²) in [6.45, 7) is 5.97. The van der Waals surface area contributed by atoms with Gasteiger partial charge in [-0.05, 0) is 48.4 Å². The van der Waals surface area contributed by atoms with Crippen LogP contribution in [0, 0.1) is 3.57 Å². The number of likely N-dealkylation sites (tertiary alicyclic amines) is 1. The number of hydrogen-bond donors (Lipinski definition) is 0. The number of rotatable bonds is 3. The third kappa shape index (κ3) is 2.93. The Morgan fingerprint density at radius 1 is 1.47 bits per heavy atom. The zero-order valence-electron chi connectivity index (χ0n) is 9.19. The van der Waals surface area contributed by atoms with E-state index in [0.29, 0.717) is 6.04 Å². The van der Waals surface area contributed by atoms with Crippen LogP contribution in [-0.4, -0.2) is 34.3 Å². The maximum absolute atomic E-state index is 4.40. The molecule has 0 aliphatic carbocycles. The minimum Gasteiger partial charge on any atom is -0.303 e. The highest BCUT2D eigenvalue weighted by atomic mass is 127. The second-order valence-corrected chi connectivity index (χ2v) is 5.46. The largest absolute Gasteiger partial charge is 0.303 e. The van der Waals surface area contributed by atoms with Crippen LogP contribution >= 0.6 is 22.6 Å². The summed E-state index contributed by atoms with van der Waals surface area (Å²) in [6.07, 6.45) is 7.86. The molecule has 0 unspecified atom stereocenters. The Morgan fingerprint density at radius 2 is 2.20 bits per heavy atom. The van der Waals surface area contributed by atoms with E-state index in [2.05, 4.69) is 50.4 Å². The summed E-state index contributed by atoms with van der Waals surface area (Å²) in [5, 5.41) is 4.40. The van der Waals surface area contributed by atoms with E-state index in [-0.39, 0.29) is 0 Å². The Hall–Kier alpha value is -0.100. The van der Waals surface area contributed by atoms with E-state index >= 15 is 0 Å². The summed E-state index contributed by atoms with van der Waals surface area (Å²) in [5.74, 6) is 0. The van der Waals surface area contributed by atoms with Crippen molar-refractivity contribution < 1.29 is 0 Å². The van der Waals surface area contributed by atoms with E-state index in [1.54, 1.807) is 0 Å². The second kappa shape index (κ2) is 5.30. The fourth-order valence-electron chi connectivity index (χ4n) is 2.24. The van der Waals surface area contributed by atoms with E-state index in [1.165, 1.54) is 42.5 Å². The van der Waals surface area contributed by atoms with Crippen LogP contribution in [0.1, 0.15) is 32.2 Å². The maximum atomic E-state index is 4.40. The summed E-state index contributed by atoms with van der Waals surface area (Å²) < 4.78 is 3.38. The molecule has 0 spiro atoms. The van der Waals surface area contributed by atoms with Gasteiger partial charge in [-0.25, -0.2) is 0 Å². The van der Waals surface area contributed by atoms with Gasteiger partial charge in [0.05, 0.1) is 15.8 Å². The number of aromatic nitrogens is 2. The van der Waals surface area contributed by atoms with Crippen molar-refractivity contribution in [1.82, 2.24) is 14.7 Å². The SMILES string of the molecule is CCCN1CCC(n2cc(I)cn2)CC1. The topological polar surface area (TPSA) is 21.1 Å². The van der Waals surface area contributed by atoms with Crippen molar-refractivity contribution in [3.05, 3.63) is 16.0 Å². The first-order valence-corrected chi connectivity index (χ1v) is 6.79. The monoisotopic (exact) mass is 319 g/mol. The lowest BCUT2D eigenvalue weighted by molar-refractivity contribution is 0.180. The summed E-state index contributed by atoms with van der Waals surface area (Å²) in [5.41, 5.74) is 0. The smallest absolute Gasteiger partial charge is 0.0623 e. The van der Waals surface area contributed by atoms with Gasteiger partial charge in [0.1, 0.15) is 0 Å². The van der Waals surface area contributed by atoms with Gasteiger partial charge in [0.2, 0.25) is 0 Å². The lowest BCUT2D eigenvalue weighted by Gasteiger charge is -2.31. The first kappa shape index (κ1) is 11.4. The fourth-order valence-corrected chi connectivity index (χ4v) is 2.65. The average molecular weight is 319 g/mol. The molecule has 3 nitrogen and oxygen atoms in total. The van der Waals surface area contributed by atoms with Crippen molar-refractivity contribution in [2.24, 2.45) is 0 Å². The first-order chi connectivity index (χ1) is 7.29. The Morgan fingerprint density at radius 3 is 2.73 bits per heavy atom. The molecule has 0 aromatic carbocycles. The molecule has 2 heterocycles. The Labute approximate surface area is 105 Å². The lowest BCUT2D eigenvalue weighted by Crippen LogP contribution is -2.35. The molecule has 2 rings (SSSR count). The van der Waals surface area contributed by atoms with Gasteiger partial charge in [-0.3, -0.25) is 4.68 Å². The van der Waals surface area contributed by atoms with E-state index in [0.717, 1.165) is 0 Å². The third-order valence-corrected chi connectivity index (χ3v) is 3.60. The molecule has 4 heteroatoms.